The van der Waals surface area contributed by atoms with E-state index in [1.54, 1.807) is 13.3 Å². The van der Waals surface area contributed by atoms with Crippen LogP contribution in [0.2, 0.25) is 0 Å². The van der Waals surface area contributed by atoms with Crippen molar-refractivity contribution >= 4 is 39.8 Å². The van der Waals surface area contributed by atoms with Gasteiger partial charge in [0.25, 0.3) is 0 Å². The monoisotopic (exact) mass is 511 g/mol. The Morgan fingerprint density at radius 2 is 2.00 bits per heavy atom. The smallest absolute Gasteiger partial charge is 0.247 e. The lowest BCUT2D eigenvalue weighted by Gasteiger charge is -2.19. The molecule has 2 aromatic heterocycles. The molecule has 1 aliphatic carbocycles. The molecule has 1 fully saturated rings. The summed E-state index contributed by atoms with van der Waals surface area (Å²) in [6.45, 7) is 5.09. The number of hydrogen-bond donors (Lipinski definition) is 3. The van der Waals surface area contributed by atoms with E-state index in [2.05, 4.69) is 67.4 Å². The third kappa shape index (κ3) is 5.47. The first-order valence-corrected chi connectivity index (χ1v) is 12.7. The quantitative estimate of drug-likeness (QED) is 0.236. The van der Waals surface area contributed by atoms with E-state index in [1.165, 1.54) is 29.8 Å². The maximum atomic E-state index is 12.2. The normalized spacial score (nSPS) is 12.9. The number of carbonyl (C=O) groups excluding carboxylic acids is 1. The number of fused-ring (bicyclic) bond motifs is 1. The minimum atomic E-state index is -0.304. The van der Waals surface area contributed by atoms with Crippen molar-refractivity contribution in [2.45, 2.75) is 18.9 Å². The molecule has 1 amide bonds. The van der Waals surface area contributed by atoms with Gasteiger partial charge in [-0.3, -0.25) is 4.79 Å². The maximum absolute atomic E-state index is 12.2. The van der Waals surface area contributed by atoms with Crippen LogP contribution < -0.4 is 20.7 Å². The van der Waals surface area contributed by atoms with Crippen molar-refractivity contribution < 1.29 is 9.53 Å². The zero-order chi connectivity index (χ0) is 26.6. The van der Waals surface area contributed by atoms with Gasteiger partial charge in [-0.2, -0.15) is 0 Å². The number of anilines is 4. The molecule has 0 aliphatic heterocycles. The molecule has 1 aliphatic rings. The van der Waals surface area contributed by atoms with Gasteiger partial charge in [0.2, 0.25) is 11.9 Å². The van der Waals surface area contributed by atoms with Crippen LogP contribution in [0.1, 0.15) is 18.9 Å². The number of methoxy groups -OCH3 is 1. The summed E-state index contributed by atoms with van der Waals surface area (Å²) in [5.41, 5.74) is 5.10. The predicted octanol–water partition coefficient (Wildman–Crippen LogP) is 5.28. The minimum absolute atomic E-state index is 0.304. The van der Waals surface area contributed by atoms with Crippen molar-refractivity contribution in [3.8, 4) is 17.0 Å². The van der Waals surface area contributed by atoms with Crippen LogP contribution in [0.4, 0.5) is 23.0 Å². The summed E-state index contributed by atoms with van der Waals surface area (Å²) in [7, 11) is 5.62. The molecule has 9 nitrogen and oxygen atoms in total. The zero-order valence-corrected chi connectivity index (χ0v) is 22.0. The summed E-state index contributed by atoms with van der Waals surface area (Å²) in [6, 6.07) is 14.6. The number of hydrogen-bond acceptors (Lipinski definition) is 7. The van der Waals surface area contributed by atoms with Gasteiger partial charge in [0.1, 0.15) is 5.75 Å². The van der Waals surface area contributed by atoms with Crippen LogP contribution in [0, 0.1) is 0 Å². The number of ether oxygens (including phenoxy) is 1. The first-order valence-electron chi connectivity index (χ1n) is 12.7. The number of para-hydroxylation sites is 1. The van der Waals surface area contributed by atoms with Crippen molar-refractivity contribution in [3.63, 3.8) is 0 Å². The summed E-state index contributed by atoms with van der Waals surface area (Å²) in [5, 5.41) is 10.7. The van der Waals surface area contributed by atoms with Crippen LogP contribution in [-0.4, -0.2) is 59.6 Å². The number of benzene rings is 2. The molecule has 3 N–H and O–H groups in total. The number of aromatic nitrogens is 3. The van der Waals surface area contributed by atoms with E-state index < -0.39 is 0 Å². The molecule has 1 saturated carbocycles. The Balaban J connectivity index is 1.47. The molecule has 2 heterocycles. The van der Waals surface area contributed by atoms with Gasteiger partial charge >= 0.3 is 0 Å². The molecule has 4 aromatic rings. The third-order valence-electron chi connectivity index (χ3n) is 6.52. The Morgan fingerprint density at radius 1 is 1.18 bits per heavy atom. The average molecular weight is 512 g/mol. The summed E-state index contributed by atoms with van der Waals surface area (Å²) in [5.74, 6) is 0.716. The molecule has 0 radical (unpaired) electrons. The molecule has 196 valence electrons. The Morgan fingerprint density at radius 3 is 2.74 bits per heavy atom. The molecule has 2 aromatic carbocycles. The van der Waals surface area contributed by atoms with Gasteiger partial charge in [0.05, 0.1) is 29.9 Å². The number of nitrogens with zero attached hydrogens (tertiary/aromatic N) is 4. The van der Waals surface area contributed by atoms with E-state index in [0.717, 1.165) is 23.5 Å². The molecule has 0 bridgehead atoms. The average Bonchev–Trinajstić information content (AvgIpc) is 3.69. The molecule has 0 saturated heterocycles. The molecule has 0 unspecified atom stereocenters. The van der Waals surface area contributed by atoms with Gasteiger partial charge in [-0.25, -0.2) is 9.97 Å². The Labute approximate surface area is 222 Å². The molecule has 9 heteroatoms. The first-order chi connectivity index (χ1) is 18.5. The number of carbonyl (C=O) groups is 1. The van der Waals surface area contributed by atoms with Gasteiger partial charge in [-0.05, 0) is 51.2 Å². The van der Waals surface area contributed by atoms with Crippen molar-refractivity contribution in [3.05, 3.63) is 67.5 Å². The number of amides is 1. The molecule has 0 atom stereocenters. The summed E-state index contributed by atoms with van der Waals surface area (Å²) in [6.07, 6.45) is 7.61. The second-order valence-corrected chi connectivity index (χ2v) is 9.61. The van der Waals surface area contributed by atoms with Crippen LogP contribution in [0.5, 0.6) is 5.75 Å². The topological polar surface area (TPSA) is 96.3 Å². The predicted molar refractivity (Wildman–Crippen MR) is 153 cm³/mol. The van der Waals surface area contributed by atoms with E-state index in [9.17, 15) is 4.79 Å². The van der Waals surface area contributed by atoms with Crippen LogP contribution in [0.25, 0.3) is 22.2 Å². The van der Waals surface area contributed by atoms with E-state index >= 15 is 0 Å². The lowest BCUT2D eigenvalue weighted by Crippen LogP contribution is -2.21. The maximum Gasteiger partial charge on any atom is 0.247 e. The first kappa shape index (κ1) is 25.3. The van der Waals surface area contributed by atoms with Crippen molar-refractivity contribution in [1.29, 1.82) is 0 Å². The van der Waals surface area contributed by atoms with Gasteiger partial charge in [-0.15, -0.1) is 0 Å². The minimum Gasteiger partial charge on any atom is -0.494 e. The van der Waals surface area contributed by atoms with Crippen molar-refractivity contribution in [2.24, 2.45) is 0 Å². The number of likely N-dealkylation sites (N-methyl/N-ethyl adjacent to an activating group) is 1. The summed E-state index contributed by atoms with van der Waals surface area (Å²) >= 11 is 0. The van der Waals surface area contributed by atoms with Crippen LogP contribution >= 0.6 is 0 Å². The van der Waals surface area contributed by atoms with Crippen LogP contribution in [0.3, 0.4) is 0 Å². The lowest BCUT2D eigenvalue weighted by atomic mass is 10.1. The molecule has 5 rings (SSSR count). The lowest BCUT2D eigenvalue weighted by molar-refractivity contribution is -0.111. The number of rotatable bonds is 11. The molecular weight excluding hydrogens is 478 g/mol. The van der Waals surface area contributed by atoms with Gasteiger partial charge < -0.3 is 30.2 Å². The highest BCUT2D eigenvalue weighted by Gasteiger charge is 2.26. The number of nitrogens with one attached hydrogen (secondary N) is 3. The van der Waals surface area contributed by atoms with Gasteiger partial charge in [-0.1, -0.05) is 24.8 Å². The highest BCUT2D eigenvalue weighted by molar-refractivity contribution is 6.02. The second-order valence-electron chi connectivity index (χ2n) is 9.61. The van der Waals surface area contributed by atoms with E-state index in [4.69, 9.17) is 9.72 Å². The second kappa shape index (κ2) is 10.9. The highest BCUT2D eigenvalue weighted by Crippen LogP contribution is 2.41. The Hall–Kier alpha value is -4.37. The van der Waals surface area contributed by atoms with Crippen molar-refractivity contribution in [2.75, 3.05) is 50.2 Å². The van der Waals surface area contributed by atoms with Gasteiger partial charge in [0, 0.05) is 54.1 Å². The zero-order valence-electron chi connectivity index (χ0n) is 22.0. The fourth-order valence-electron chi connectivity index (χ4n) is 4.45. The molecular formula is C29H33N7O2. The van der Waals surface area contributed by atoms with Crippen LogP contribution in [-0.2, 0) is 4.79 Å². The third-order valence-corrected chi connectivity index (χ3v) is 6.52. The fourth-order valence-corrected chi connectivity index (χ4v) is 4.45. The van der Waals surface area contributed by atoms with E-state index in [1.807, 2.05) is 32.3 Å². The van der Waals surface area contributed by atoms with E-state index in [-0.39, 0.29) is 5.91 Å². The summed E-state index contributed by atoms with van der Waals surface area (Å²) in [4.78, 5) is 23.5. The summed E-state index contributed by atoms with van der Waals surface area (Å²) < 4.78 is 8.04. The molecule has 0 spiro atoms. The highest BCUT2D eigenvalue weighted by atomic mass is 16.5. The van der Waals surface area contributed by atoms with E-state index in [0.29, 0.717) is 35.7 Å². The van der Waals surface area contributed by atoms with Crippen LogP contribution in [0.15, 0.2) is 67.5 Å². The van der Waals surface area contributed by atoms with Crippen molar-refractivity contribution in [1.82, 2.24) is 19.4 Å². The van der Waals surface area contributed by atoms with Gasteiger partial charge in [0.15, 0.2) is 0 Å². The SMILES string of the molecule is C=CC(=O)Nc1cc(Nc2nccc(-c3cn(C4CC4)c4ccccc34)n2)c(OC)cc1NCCN(C)C. The largest absolute Gasteiger partial charge is 0.494 e. The fraction of sp³-hybridized carbons (Fsp3) is 0.276. The Kier molecular flexibility index (Phi) is 7.28. The standard InChI is InChI=1S/C29H33N7O2/c1-5-28(37)32-24-16-25(27(38-4)17-23(24)30-14-15-35(2)3)34-29-31-13-12-22(33-29)21-18-36(19-10-11-19)26-9-7-6-8-20(21)26/h5-9,12-13,16-19,30H,1,10-11,14-15H2,2-4H3,(H,32,37)(H,31,33,34). The Bertz CT molecular complexity index is 1470. The molecule has 38 heavy (non-hydrogen) atoms.